The minimum Gasteiger partial charge on any atom is -0.385 e. The van der Waals surface area contributed by atoms with E-state index in [0.29, 0.717) is 37.1 Å². The summed E-state index contributed by atoms with van der Waals surface area (Å²) in [5.41, 5.74) is 12.1. The van der Waals surface area contributed by atoms with Gasteiger partial charge in [0.2, 0.25) is 5.91 Å². The molecule has 0 saturated carbocycles. The number of nitrogens with zero attached hydrogens (tertiary/aromatic N) is 5. The molecule has 1 fully saturated rings. The summed E-state index contributed by atoms with van der Waals surface area (Å²) >= 11 is 0. The minimum absolute atomic E-state index is 0.0838. The third kappa shape index (κ3) is 6.60. The zero-order valence-corrected chi connectivity index (χ0v) is 25.0. The number of amidine groups is 1. The zero-order chi connectivity index (χ0) is 31.0. The van der Waals surface area contributed by atoms with E-state index in [9.17, 15) is 19.6 Å². The van der Waals surface area contributed by atoms with Crippen LogP contribution in [0.4, 0.5) is 0 Å². The maximum absolute atomic E-state index is 12.7. The number of likely N-dealkylation sites (tertiary alicyclic amines) is 1. The quantitative estimate of drug-likeness (QED) is 0.0845. The first-order valence-corrected chi connectivity index (χ1v) is 13.8. The predicted octanol–water partition coefficient (Wildman–Crippen LogP) is 0.875. The summed E-state index contributed by atoms with van der Waals surface area (Å²) in [5, 5.41) is 16.6. The van der Waals surface area contributed by atoms with Crippen molar-refractivity contribution >= 4 is 23.9 Å². The van der Waals surface area contributed by atoms with E-state index in [-0.39, 0.29) is 30.2 Å². The lowest BCUT2D eigenvalue weighted by Gasteiger charge is -2.32. The number of nitrogens with two attached hydrogens (primary N) is 2. The lowest BCUT2D eigenvalue weighted by atomic mass is 9.74. The maximum Gasteiger partial charge on any atom is 0.253 e. The number of fused-ring (bicyclic) bond motifs is 3. The molecule has 2 atom stereocenters. The Morgan fingerprint density at radius 3 is 2.38 bits per heavy atom. The zero-order valence-electron chi connectivity index (χ0n) is 25.0. The maximum atomic E-state index is 12.7. The summed E-state index contributed by atoms with van der Waals surface area (Å²) in [7, 11) is 9.37. The number of carbonyl (C=O) groups is 3. The predicted molar refractivity (Wildman–Crippen MR) is 162 cm³/mol. The monoisotopic (exact) mass is 575 g/mol. The number of hydrazone groups is 1. The van der Waals surface area contributed by atoms with E-state index in [0.717, 1.165) is 35.0 Å². The standard InChI is InChI=1S/C27H32N8O3.C3H9N/c1-34(2)25(38)18-6-8-23-21(13-18)20-12-17(16-36)5-7-22(20)27(23,26(29)32-33-30)9-10-31-15-24(37)35-11-3-4-19(35)14-28;1-4(2)3/h5-8,12-13,16,19,31,33H,3-4,9-11,15,30H2,1-2H3,(H2,29,32);1-3H3/t19-,27?;/m0./s1. The number of nitriles is 1. The summed E-state index contributed by atoms with van der Waals surface area (Å²) in [6.07, 6.45) is 2.70. The molecular weight excluding hydrogens is 534 g/mol. The van der Waals surface area contributed by atoms with Crippen LogP contribution in [0.3, 0.4) is 0 Å². The average molecular weight is 576 g/mol. The van der Waals surface area contributed by atoms with E-state index in [2.05, 4.69) is 22.0 Å². The summed E-state index contributed by atoms with van der Waals surface area (Å²) in [5.74, 6) is 5.46. The Morgan fingerprint density at radius 2 is 1.79 bits per heavy atom. The van der Waals surface area contributed by atoms with Crippen molar-refractivity contribution in [2.75, 3.05) is 54.9 Å². The highest BCUT2D eigenvalue weighted by atomic mass is 16.2. The van der Waals surface area contributed by atoms with Gasteiger partial charge in [-0.3, -0.25) is 14.4 Å². The third-order valence-electron chi connectivity index (χ3n) is 7.36. The summed E-state index contributed by atoms with van der Waals surface area (Å²) < 4.78 is 0. The van der Waals surface area contributed by atoms with Gasteiger partial charge in [0.25, 0.3) is 5.91 Å². The molecule has 12 nitrogen and oxygen atoms in total. The Morgan fingerprint density at radius 1 is 1.14 bits per heavy atom. The smallest absolute Gasteiger partial charge is 0.253 e. The lowest BCUT2D eigenvalue weighted by Crippen LogP contribution is -2.46. The van der Waals surface area contributed by atoms with Crippen LogP contribution in [0.25, 0.3) is 11.1 Å². The summed E-state index contributed by atoms with van der Waals surface area (Å²) in [4.78, 5) is 42.2. The number of rotatable bonds is 9. The van der Waals surface area contributed by atoms with E-state index < -0.39 is 5.41 Å². The van der Waals surface area contributed by atoms with E-state index in [1.54, 1.807) is 37.2 Å². The number of amides is 2. The second kappa shape index (κ2) is 14.0. The molecule has 12 heteroatoms. The Kier molecular flexibility index (Phi) is 10.8. The first-order valence-electron chi connectivity index (χ1n) is 13.8. The molecule has 1 heterocycles. The number of aldehydes is 1. The van der Waals surface area contributed by atoms with Gasteiger partial charge in [0, 0.05) is 31.8 Å². The van der Waals surface area contributed by atoms with Crippen molar-refractivity contribution < 1.29 is 14.4 Å². The van der Waals surface area contributed by atoms with Crippen LogP contribution in [0.5, 0.6) is 0 Å². The average Bonchev–Trinajstić information content (AvgIpc) is 3.55. The fourth-order valence-corrected chi connectivity index (χ4v) is 5.52. The first-order chi connectivity index (χ1) is 20.0. The van der Waals surface area contributed by atoms with Crippen LogP contribution >= 0.6 is 0 Å². The van der Waals surface area contributed by atoms with E-state index in [1.165, 1.54) is 4.90 Å². The molecule has 2 aromatic rings. The lowest BCUT2D eigenvalue weighted by molar-refractivity contribution is -0.130. The Hall–Kier alpha value is -4.31. The number of benzene rings is 2. The first kappa shape index (κ1) is 32.2. The third-order valence-corrected chi connectivity index (χ3v) is 7.36. The van der Waals surface area contributed by atoms with Gasteiger partial charge in [-0.15, -0.1) is 0 Å². The fourth-order valence-electron chi connectivity index (χ4n) is 5.52. The number of carbonyl (C=O) groups excluding carboxylic acids is 3. The molecule has 0 bridgehead atoms. The number of hydrazine groups is 1. The van der Waals surface area contributed by atoms with Crippen LogP contribution in [0.2, 0.25) is 0 Å². The SMILES string of the molecule is CN(C)C.CN(C)C(=O)c1ccc2c(c1)-c1cc(C=O)ccc1C2(CCNCC(=O)N1CCC[C@H]1C#N)/C(N)=N/NN. The van der Waals surface area contributed by atoms with Crippen LogP contribution in [-0.4, -0.2) is 99.6 Å². The Labute approximate surface area is 247 Å². The van der Waals surface area contributed by atoms with Crippen molar-refractivity contribution in [1.82, 2.24) is 25.6 Å². The fraction of sp³-hybridized carbons (Fsp3) is 0.433. The molecule has 0 radical (unpaired) electrons. The minimum atomic E-state index is -0.934. The van der Waals surface area contributed by atoms with Crippen molar-refractivity contribution in [3.8, 4) is 17.2 Å². The van der Waals surface area contributed by atoms with Crippen molar-refractivity contribution in [3.05, 3.63) is 58.7 Å². The summed E-state index contributed by atoms with van der Waals surface area (Å²) in [6.45, 7) is 1.06. The van der Waals surface area contributed by atoms with Gasteiger partial charge in [0.05, 0.1) is 18.0 Å². The molecule has 1 unspecified atom stereocenters. The van der Waals surface area contributed by atoms with Crippen molar-refractivity contribution in [2.45, 2.75) is 30.7 Å². The van der Waals surface area contributed by atoms with Gasteiger partial charge in [-0.25, -0.2) is 11.4 Å². The van der Waals surface area contributed by atoms with Crippen LogP contribution < -0.4 is 22.4 Å². The van der Waals surface area contributed by atoms with E-state index in [1.807, 2.05) is 44.2 Å². The topological polar surface area (TPSA) is 173 Å². The molecular formula is C30H41N9O3. The normalized spacial score (nSPS) is 18.9. The molecule has 1 aliphatic heterocycles. The largest absolute Gasteiger partial charge is 0.385 e. The van der Waals surface area contributed by atoms with Gasteiger partial charge in [-0.1, -0.05) is 18.2 Å². The Bertz CT molecular complexity index is 1380. The van der Waals surface area contributed by atoms with Crippen LogP contribution in [0.15, 0.2) is 41.5 Å². The van der Waals surface area contributed by atoms with Crippen molar-refractivity contribution in [2.24, 2.45) is 16.7 Å². The van der Waals surface area contributed by atoms with Gasteiger partial charge in [-0.2, -0.15) is 10.4 Å². The van der Waals surface area contributed by atoms with Crippen LogP contribution in [0, 0.1) is 11.3 Å². The van der Waals surface area contributed by atoms with E-state index >= 15 is 0 Å². The molecule has 42 heavy (non-hydrogen) atoms. The second-order valence-corrected chi connectivity index (χ2v) is 11.1. The van der Waals surface area contributed by atoms with Crippen LogP contribution in [-0.2, 0) is 10.2 Å². The number of hydrogen-bond donors (Lipinski definition) is 4. The molecule has 2 amide bonds. The second-order valence-electron chi connectivity index (χ2n) is 11.1. The van der Waals surface area contributed by atoms with E-state index in [4.69, 9.17) is 11.6 Å². The summed E-state index contributed by atoms with van der Waals surface area (Å²) in [6, 6.07) is 12.6. The Balaban J connectivity index is 0.00000114. The van der Waals surface area contributed by atoms with Gasteiger partial charge in [0.1, 0.15) is 18.2 Å². The molecule has 4 rings (SSSR count). The van der Waals surface area contributed by atoms with Gasteiger partial charge < -0.3 is 25.8 Å². The molecule has 0 spiro atoms. The number of nitrogens with one attached hydrogen (secondary N) is 2. The molecule has 6 N–H and O–H groups in total. The van der Waals surface area contributed by atoms with Crippen molar-refractivity contribution in [3.63, 3.8) is 0 Å². The highest BCUT2D eigenvalue weighted by Gasteiger charge is 2.47. The molecule has 1 saturated heterocycles. The van der Waals surface area contributed by atoms with Gasteiger partial charge in [-0.05, 0) is 87.4 Å². The molecule has 2 aliphatic rings. The van der Waals surface area contributed by atoms with Gasteiger partial charge in [0.15, 0.2) is 0 Å². The van der Waals surface area contributed by atoms with Gasteiger partial charge >= 0.3 is 0 Å². The highest BCUT2D eigenvalue weighted by Crippen LogP contribution is 2.51. The van der Waals surface area contributed by atoms with Crippen molar-refractivity contribution in [1.29, 1.82) is 5.26 Å². The highest BCUT2D eigenvalue weighted by molar-refractivity contribution is 6.05. The molecule has 1 aliphatic carbocycles. The van der Waals surface area contributed by atoms with Crippen LogP contribution in [0.1, 0.15) is 51.1 Å². The molecule has 224 valence electrons. The number of hydrogen-bond acceptors (Lipinski definition) is 9. The molecule has 0 aromatic heterocycles. The molecule has 2 aromatic carbocycles.